The summed E-state index contributed by atoms with van der Waals surface area (Å²) in [6.45, 7) is 3.90. The highest BCUT2D eigenvalue weighted by molar-refractivity contribution is 6.06. The van der Waals surface area contributed by atoms with Crippen LogP contribution in [0, 0.1) is 5.92 Å². The van der Waals surface area contributed by atoms with E-state index < -0.39 is 12.0 Å². The van der Waals surface area contributed by atoms with Gasteiger partial charge in [0.1, 0.15) is 6.04 Å². The largest absolute Gasteiger partial charge is 0.480 e. The lowest BCUT2D eigenvalue weighted by atomic mass is 9.95. The van der Waals surface area contributed by atoms with Gasteiger partial charge in [-0.25, -0.2) is 14.5 Å². The highest BCUT2D eigenvalue weighted by atomic mass is 16.4. The number of aromatic nitrogens is 3. The monoisotopic (exact) mass is 398 g/mol. The number of aliphatic carboxylic acids is 1. The number of carbonyl (C=O) groups is 2. The van der Waals surface area contributed by atoms with Gasteiger partial charge in [-0.1, -0.05) is 33.1 Å². The average molecular weight is 399 g/mol. The van der Waals surface area contributed by atoms with Crippen LogP contribution in [0.3, 0.4) is 0 Å². The average Bonchev–Trinajstić information content (AvgIpc) is 3.46. The molecule has 7 nitrogen and oxygen atoms in total. The second-order valence-corrected chi connectivity index (χ2v) is 8.98. The number of nitrogens with zero attached hydrogens (tertiary/aromatic N) is 3. The summed E-state index contributed by atoms with van der Waals surface area (Å²) in [5.41, 5.74) is 2.19. The zero-order valence-corrected chi connectivity index (χ0v) is 17.2. The van der Waals surface area contributed by atoms with Crippen molar-refractivity contribution in [2.75, 3.05) is 0 Å². The molecule has 0 spiro atoms. The molecule has 2 N–H and O–H groups in total. The van der Waals surface area contributed by atoms with Gasteiger partial charge in [-0.3, -0.25) is 4.79 Å². The number of carbonyl (C=O) groups excluding carboxylic acids is 1. The van der Waals surface area contributed by atoms with Crippen molar-refractivity contribution in [3.05, 3.63) is 23.5 Å². The summed E-state index contributed by atoms with van der Waals surface area (Å²) in [5, 5.41) is 17.6. The Bertz CT molecular complexity index is 910. The van der Waals surface area contributed by atoms with E-state index in [0.29, 0.717) is 29.3 Å². The van der Waals surface area contributed by atoms with Crippen LogP contribution in [0.15, 0.2) is 12.3 Å². The van der Waals surface area contributed by atoms with E-state index in [0.717, 1.165) is 37.0 Å². The second kappa shape index (κ2) is 8.13. The molecule has 0 unspecified atom stereocenters. The molecule has 2 saturated carbocycles. The van der Waals surface area contributed by atoms with Gasteiger partial charge in [0.25, 0.3) is 5.91 Å². The summed E-state index contributed by atoms with van der Waals surface area (Å²) in [6.07, 6.45) is 10.1. The Morgan fingerprint density at radius 2 is 1.93 bits per heavy atom. The van der Waals surface area contributed by atoms with Gasteiger partial charge in [0, 0.05) is 11.6 Å². The van der Waals surface area contributed by atoms with Crippen molar-refractivity contribution in [1.29, 1.82) is 0 Å². The van der Waals surface area contributed by atoms with Crippen molar-refractivity contribution in [3.8, 4) is 0 Å². The maximum Gasteiger partial charge on any atom is 0.326 e. The molecule has 7 heteroatoms. The van der Waals surface area contributed by atoms with Gasteiger partial charge in [0.05, 0.1) is 23.2 Å². The third kappa shape index (κ3) is 4.28. The van der Waals surface area contributed by atoms with Crippen LogP contribution in [0.5, 0.6) is 0 Å². The molecule has 2 fully saturated rings. The van der Waals surface area contributed by atoms with Crippen molar-refractivity contribution < 1.29 is 14.7 Å². The molecule has 1 atom stereocenters. The lowest BCUT2D eigenvalue weighted by Crippen LogP contribution is -2.41. The maximum absolute atomic E-state index is 13.1. The van der Waals surface area contributed by atoms with E-state index >= 15 is 0 Å². The van der Waals surface area contributed by atoms with Crippen molar-refractivity contribution in [2.24, 2.45) is 5.92 Å². The van der Waals surface area contributed by atoms with Gasteiger partial charge >= 0.3 is 5.97 Å². The van der Waals surface area contributed by atoms with Gasteiger partial charge in [0.15, 0.2) is 5.65 Å². The van der Waals surface area contributed by atoms with E-state index in [4.69, 9.17) is 4.98 Å². The first kappa shape index (κ1) is 19.9. The summed E-state index contributed by atoms with van der Waals surface area (Å²) in [7, 11) is 0. The molecule has 1 amide bonds. The quantitative estimate of drug-likeness (QED) is 0.733. The zero-order valence-electron chi connectivity index (χ0n) is 17.2. The van der Waals surface area contributed by atoms with Gasteiger partial charge < -0.3 is 10.4 Å². The number of rotatable bonds is 7. The summed E-state index contributed by atoms with van der Waals surface area (Å²) in [5.74, 6) is -0.787. The molecular formula is C22H30N4O3. The normalized spacial score (nSPS) is 18.9. The summed E-state index contributed by atoms with van der Waals surface area (Å²) in [6, 6.07) is 1.27. The summed E-state index contributed by atoms with van der Waals surface area (Å²) >= 11 is 0. The lowest BCUT2D eigenvalue weighted by Gasteiger charge is -2.22. The highest BCUT2D eigenvalue weighted by Gasteiger charge is 2.30. The number of carboxylic acids is 1. The molecule has 2 aliphatic rings. The molecule has 0 aliphatic heterocycles. The summed E-state index contributed by atoms with van der Waals surface area (Å²) < 4.78 is 2.00. The van der Waals surface area contributed by atoms with Crippen molar-refractivity contribution >= 4 is 22.9 Å². The maximum atomic E-state index is 13.1. The topological polar surface area (TPSA) is 97.1 Å². The van der Waals surface area contributed by atoms with E-state index in [2.05, 4.69) is 10.4 Å². The Balaban J connectivity index is 1.70. The predicted octanol–water partition coefficient (Wildman–Crippen LogP) is 4.04. The minimum atomic E-state index is -1.00. The third-order valence-corrected chi connectivity index (χ3v) is 6.06. The first-order chi connectivity index (χ1) is 13.9. The van der Waals surface area contributed by atoms with Crippen LogP contribution in [0.25, 0.3) is 11.0 Å². The first-order valence-corrected chi connectivity index (χ1v) is 10.9. The number of hydrogen-bond donors (Lipinski definition) is 2. The number of nitrogens with one attached hydrogen (secondary N) is 1. The van der Waals surface area contributed by atoms with E-state index in [1.54, 1.807) is 6.20 Å². The fourth-order valence-electron chi connectivity index (χ4n) is 4.34. The Morgan fingerprint density at radius 3 is 2.55 bits per heavy atom. The van der Waals surface area contributed by atoms with Crippen molar-refractivity contribution in [1.82, 2.24) is 20.1 Å². The number of carboxylic acid groups (broad SMARTS) is 1. The Kier molecular flexibility index (Phi) is 5.56. The van der Waals surface area contributed by atoms with Crippen LogP contribution in [-0.4, -0.2) is 37.8 Å². The summed E-state index contributed by atoms with van der Waals surface area (Å²) in [4.78, 5) is 29.6. The van der Waals surface area contributed by atoms with Gasteiger partial charge in [0.2, 0.25) is 0 Å². The smallest absolute Gasteiger partial charge is 0.326 e. The number of hydrogen-bond acceptors (Lipinski definition) is 4. The molecule has 2 heterocycles. The van der Waals surface area contributed by atoms with E-state index in [1.165, 1.54) is 19.3 Å². The molecule has 2 aliphatic carbocycles. The lowest BCUT2D eigenvalue weighted by molar-refractivity contribution is -0.139. The number of pyridine rings is 1. The first-order valence-electron chi connectivity index (χ1n) is 10.9. The van der Waals surface area contributed by atoms with E-state index in [1.807, 2.05) is 24.6 Å². The van der Waals surface area contributed by atoms with Gasteiger partial charge in [-0.2, -0.15) is 5.10 Å². The van der Waals surface area contributed by atoms with Crippen LogP contribution >= 0.6 is 0 Å². The minimum absolute atomic E-state index is 0.171. The number of fused-ring (bicyclic) bond motifs is 1. The molecule has 0 aromatic carbocycles. The fourth-order valence-corrected chi connectivity index (χ4v) is 4.34. The van der Waals surface area contributed by atoms with Gasteiger partial charge in [-0.05, 0) is 44.1 Å². The Hall–Kier alpha value is -2.44. The SMILES string of the molecule is CC(C)C[C@H](NC(=O)c1cc(C2CC2)nc2c1cnn2C1CCCCC1)C(=O)O. The van der Waals surface area contributed by atoms with E-state index in [9.17, 15) is 14.7 Å². The standard InChI is InChI=1S/C22H30N4O3/c1-13(2)10-19(22(28)29)25-21(27)16-11-18(14-8-9-14)24-20-17(16)12-23-26(20)15-6-4-3-5-7-15/h11-15,19H,3-10H2,1-2H3,(H,25,27)(H,28,29)/t19-/m0/s1. The molecule has 2 aromatic heterocycles. The fraction of sp³-hybridized carbons (Fsp3) is 0.636. The Labute approximate surface area is 170 Å². The molecule has 2 aromatic rings. The molecule has 0 radical (unpaired) electrons. The van der Waals surface area contributed by atoms with E-state index in [-0.39, 0.29) is 11.8 Å². The molecular weight excluding hydrogens is 368 g/mol. The van der Waals surface area contributed by atoms with Crippen LogP contribution in [0.4, 0.5) is 0 Å². The molecule has 0 bridgehead atoms. The third-order valence-electron chi connectivity index (χ3n) is 6.06. The molecule has 29 heavy (non-hydrogen) atoms. The Morgan fingerprint density at radius 1 is 1.21 bits per heavy atom. The zero-order chi connectivity index (χ0) is 20.5. The van der Waals surface area contributed by atoms with Crippen LogP contribution in [-0.2, 0) is 4.79 Å². The number of amides is 1. The second-order valence-electron chi connectivity index (χ2n) is 8.98. The van der Waals surface area contributed by atoms with Gasteiger partial charge in [-0.15, -0.1) is 0 Å². The van der Waals surface area contributed by atoms with Crippen LogP contribution < -0.4 is 5.32 Å². The van der Waals surface area contributed by atoms with Crippen LogP contribution in [0.2, 0.25) is 0 Å². The molecule has 4 rings (SSSR count). The molecule has 156 valence electrons. The molecule has 0 saturated heterocycles. The van der Waals surface area contributed by atoms with Crippen molar-refractivity contribution in [2.45, 2.75) is 83.2 Å². The minimum Gasteiger partial charge on any atom is -0.480 e. The predicted molar refractivity (Wildman–Crippen MR) is 110 cm³/mol. The van der Waals surface area contributed by atoms with Crippen molar-refractivity contribution in [3.63, 3.8) is 0 Å². The highest BCUT2D eigenvalue weighted by Crippen LogP contribution is 2.40. The van der Waals surface area contributed by atoms with Crippen LogP contribution in [0.1, 0.15) is 93.2 Å².